The number of nitrogens with zero attached hydrogens (tertiary/aromatic N) is 1. The van der Waals surface area contributed by atoms with Gasteiger partial charge in [0.2, 0.25) is 0 Å². The van der Waals surface area contributed by atoms with Crippen LogP contribution < -0.4 is 4.18 Å². The predicted octanol–water partition coefficient (Wildman–Crippen LogP) is 6.82. The normalized spacial score (nSPS) is 12.5. The molecule has 0 unspecified atom stereocenters. The van der Waals surface area contributed by atoms with Gasteiger partial charge < -0.3 is 9.08 Å². The van der Waals surface area contributed by atoms with Crippen molar-refractivity contribution in [1.82, 2.24) is 4.90 Å². The zero-order valence-electron chi connectivity index (χ0n) is 21.3. The van der Waals surface area contributed by atoms with Crippen LogP contribution in [0.4, 0.5) is 13.2 Å². The van der Waals surface area contributed by atoms with Gasteiger partial charge in [-0.05, 0) is 72.9 Å². The number of carbonyl (C=O) groups is 1. The molecule has 0 atom stereocenters. The molecule has 0 aliphatic rings. The smallest absolute Gasteiger partial charge is 0.379 e. The van der Waals surface area contributed by atoms with Gasteiger partial charge in [-0.2, -0.15) is 21.6 Å². The molecular formula is C28H30F3NO4S. The Balaban J connectivity index is 1.81. The van der Waals surface area contributed by atoms with Crippen LogP contribution in [0.15, 0.2) is 77.7 Å². The minimum absolute atomic E-state index is 0.0475. The van der Waals surface area contributed by atoms with Crippen molar-refractivity contribution in [2.24, 2.45) is 0 Å². The van der Waals surface area contributed by atoms with Crippen molar-refractivity contribution in [3.63, 3.8) is 0 Å². The molecule has 0 bridgehead atoms. The second-order valence-corrected chi connectivity index (χ2v) is 11.6. The lowest BCUT2D eigenvalue weighted by atomic mass is 9.86. The maximum absolute atomic E-state index is 13.3. The number of amides is 1. The first-order valence-electron chi connectivity index (χ1n) is 11.7. The SMILES string of the molecule is CC(C)N(Cc1cccc(OS(=O)(=O)c2cccc(C(F)(F)F)c2)c1)C(=O)c1ccc(C(C)(C)C)cc1. The third-order valence-corrected chi connectivity index (χ3v) is 7.03. The van der Waals surface area contributed by atoms with Crippen molar-refractivity contribution in [3.8, 4) is 5.75 Å². The van der Waals surface area contributed by atoms with Crippen molar-refractivity contribution in [2.75, 3.05) is 0 Å². The van der Waals surface area contributed by atoms with Crippen LogP contribution in [0.1, 0.15) is 61.7 Å². The van der Waals surface area contributed by atoms with E-state index < -0.39 is 26.8 Å². The average molecular weight is 534 g/mol. The van der Waals surface area contributed by atoms with Crippen LogP contribution in [0.2, 0.25) is 0 Å². The predicted molar refractivity (Wildman–Crippen MR) is 136 cm³/mol. The molecule has 0 N–H and O–H groups in total. The fourth-order valence-corrected chi connectivity index (χ4v) is 4.63. The second-order valence-electron chi connectivity index (χ2n) is 10.1. The summed E-state index contributed by atoms with van der Waals surface area (Å²) in [6.45, 7) is 10.2. The van der Waals surface area contributed by atoms with Gasteiger partial charge in [-0.3, -0.25) is 4.79 Å². The molecule has 0 aliphatic carbocycles. The average Bonchev–Trinajstić information content (AvgIpc) is 2.81. The minimum Gasteiger partial charge on any atom is -0.379 e. The highest BCUT2D eigenvalue weighted by atomic mass is 32.2. The van der Waals surface area contributed by atoms with E-state index >= 15 is 0 Å². The van der Waals surface area contributed by atoms with E-state index in [9.17, 15) is 26.4 Å². The topological polar surface area (TPSA) is 63.7 Å². The number of benzene rings is 3. The molecule has 0 radical (unpaired) electrons. The fourth-order valence-electron chi connectivity index (χ4n) is 3.66. The van der Waals surface area contributed by atoms with Crippen molar-refractivity contribution in [1.29, 1.82) is 0 Å². The molecule has 0 fully saturated rings. The van der Waals surface area contributed by atoms with Crippen molar-refractivity contribution >= 4 is 16.0 Å². The highest BCUT2D eigenvalue weighted by molar-refractivity contribution is 7.87. The summed E-state index contributed by atoms with van der Waals surface area (Å²) in [7, 11) is -4.51. The van der Waals surface area contributed by atoms with Gasteiger partial charge in [-0.15, -0.1) is 0 Å². The van der Waals surface area contributed by atoms with Gasteiger partial charge in [0.05, 0.1) is 5.56 Å². The molecule has 3 rings (SSSR count). The van der Waals surface area contributed by atoms with E-state index in [0.29, 0.717) is 17.2 Å². The Morgan fingerprint density at radius 1 is 0.892 bits per heavy atom. The van der Waals surface area contributed by atoms with Crippen LogP contribution in [0.25, 0.3) is 0 Å². The molecule has 0 saturated carbocycles. The number of rotatable bonds is 7. The summed E-state index contributed by atoms with van der Waals surface area (Å²) >= 11 is 0. The van der Waals surface area contributed by atoms with E-state index in [0.717, 1.165) is 23.8 Å². The van der Waals surface area contributed by atoms with Gasteiger partial charge in [0, 0.05) is 18.2 Å². The summed E-state index contributed by atoms with van der Waals surface area (Å²) in [5.41, 5.74) is 1.10. The first-order valence-corrected chi connectivity index (χ1v) is 13.1. The highest BCUT2D eigenvalue weighted by Gasteiger charge is 2.32. The van der Waals surface area contributed by atoms with Gasteiger partial charge in [0.1, 0.15) is 10.6 Å². The van der Waals surface area contributed by atoms with Gasteiger partial charge in [-0.25, -0.2) is 0 Å². The van der Waals surface area contributed by atoms with Crippen molar-refractivity contribution in [3.05, 3.63) is 95.1 Å². The lowest BCUT2D eigenvalue weighted by Gasteiger charge is -2.27. The van der Waals surface area contributed by atoms with Gasteiger partial charge in [-0.1, -0.05) is 51.1 Å². The van der Waals surface area contributed by atoms with Gasteiger partial charge in [0.25, 0.3) is 5.91 Å². The zero-order chi connectivity index (χ0) is 27.6. The van der Waals surface area contributed by atoms with Gasteiger partial charge >= 0.3 is 16.3 Å². The van der Waals surface area contributed by atoms with E-state index in [4.69, 9.17) is 4.18 Å². The lowest BCUT2D eigenvalue weighted by molar-refractivity contribution is -0.137. The number of carbonyl (C=O) groups excluding carboxylic acids is 1. The molecule has 0 saturated heterocycles. The fraction of sp³-hybridized carbons (Fsp3) is 0.321. The van der Waals surface area contributed by atoms with Crippen LogP contribution in [0, 0.1) is 0 Å². The van der Waals surface area contributed by atoms with Crippen LogP contribution in [-0.2, 0) is 28.3 Å². The largest absolute Gasteiger partial charge is 0.416 e. The first-order chi connectivity index (χ1) is 17.1. The molecule has 3 aromatic rings. The van der Waals surface area contributed by atoms with E-state index in [1.807, 2.05) is 26.0 Å². The molecule has 0 heterocycles. The molecule has 3 aromatic carbocycles. The summed E-state index contributed by atoms with van der Waals surface area (Å²) in [6.07, 6.45) is -4.69. The number of alkyl halides is 3. The second kappa shape index (κ2) is 10.6. The molecule has 1 amide bonds. The Morgan fingerprint density at radius 3 is 2.08 bits per heavy atom. The molecule has 37 heavy (non-hydrogen) atoms. The maximum Gasteiger partial charge on any atom is 0.416 e. The van der Waals surface area contributed by atoms with E-state index in [1.54, 1.807) is 29.2 Å². The van der Waals surface area contributed by atoms with Crippen molar-refractivity contribution < 1.29 is 30.6 Å². The summed E-state index contributed by atoms with van der Waals surface area (Å²) < 4.78 is 69.5. The molecule has 0 aromatic heterocycles. The van der Waals surface area contributed by atoms with Crippen LogP contribution in [0.3, 0.4) is 0 Å². The van der Waals surface area contributed by atoms with E-state index in [-0.39, 0.29) is 29.7 Å². The van der Waals surface area contributed by atoms with E-state index in [1.165, 1.54) is 12.1 Å². The Labute approximate surface area is 216 Å². The standard InChI is InChI=1S/C28H30F3NO4S/c1-19(2)32(26(33)21-12-14-22(15-13-21)27(3,4)5)18-20-8-6-10-24(16-20)36-37(34,35)25-11-7-9-23(17-25)28(29,30)31/h6-17,19H,18H2,1-5H3. The Morgan fingerprint density at radius 2 is 1.51 bits per heavy atom. The summed E-state index contributed by atoms with van der Waals surface area (Å²) in [5.74, 6) is -0.251. The minimum atomic E-state index is -4.69. The Kier molecular flexibility index (Phi) is 8.07. The maximum atomic E-state index is 13.3. The third-order valence-electron chi connectivity index (χ3n) is 5.79. The molecule has 0 aliphatic heterocycles. The number of hydrogen-bond acceptors (Lipinski definition) is 4. The molecular weight excluding hydrogens is 503 g/mol. The highest BCUT2D eigenvalue weighted by Crippen LogP contribution is 2.31. The quantitative estimate of drug-likeness (QED) is 0.313. The Hall–Kier alpha value is -3.33. The summed E-state index contributed by atoms with van der Waals surface area (Å²) in [4.78, 5) is 14.3. The van der Waals surface area contributed by atoms with Crippen molar-refractivity contribution in [2.45, 2.75) is 63.7 Å². The summed E-state index contributed by atoms with van der Waals surface area (Å²) in [5, 5.41) is 0. The first kappa shape index (κ1) is 28.2. The van der Waals surface area contributed by atoms with Crippen LogP contribution in [0.5, 0.6) is 5.75 Å². The van der Waals surface area contributed by atoms with E-state index in [2.05, 4.69) is 20.8 Å². The summed E-state index contributed by atoms with van der Waals surface area (Å²) in [6, 6.07) is 16.8. The molecule has 0 spiro atoms. The van der Waals surface area contributed by atoms with Crippen LogP contribution in [-0.4, -0.2) is 25.3 Å². The van der Waals surface area contributed by atoms with Crippen LogP contribution >= 0.6 is 0 Å². The molecule has 5 nitrogen and oxygen atoms in total. The molecule has 9 heteroatoms. The molecule has 198 valence electrons. The number of hydrogen-bond donors (Lipinski definition) is 0. The lowest BCUT2D eigenvalue weighted by Crippen LogP contribution is -2.36. The zero-order valence-corrected chi connectivity index (χ0v) is 22.2. The number of halogens is 3. The van der Waals surface area contributed by atoms with Gasteiger partial charge in [0.15, 0.2) is 0 Å². The third kappa shape index (κ3) is 7.13. The Bertz CT molecular complexity index is 1360. The monoisotopic (exact) mass is 533 g/mol.